The minimum atomic E-state index is -4.23. The molecule has 9 nitrogen and oxygen atoms in total. The molecular weight excluding hydrogens is 545 g/mol. The number of hydrogen-bond acceptors (Lipinski definition) is 7. The zero-order valence-electron chi connectivity index (χ0n) is 20.9. The van der Waals surface area contributed by atoms with Crippen LogP contribution in [0.2, 0.25) is 0 Å². The first-order valence-electron chi connectivity index (χ1n) is 12.1. The molecule has 2 saturated heterocycles. The number of hydrazine groups is 1. The summed E-state index contributed by atoms with van der Waals surface area (Å²) < 4.78 is 80.0. The summed E-state index contributed by atoms with van der Waals surface area (Å²) >= 11 is 6.13. The molecule has 0 spiro atoms. The van der Waals surface area contributed by atoms with Gasteiger partial charge in [-0.15, -0.1) is 11.6 Å². The number of piperidine rings is 1. The summed E-state index contributed by atoms with van der Waals surface area (Å²) in [4.78, 5) is 0. The lowest BCUT2D eigenvalue weighted by atomic mass is 9.96. The fourth-order valence-corrected chi connectivity index (χ4v) is 7.31. The van der Waals surface area contributed by atoms with Crippen LogP contribution in [0.15, 0.2) is 24.3 Å². The van der Waals surface area contributed by atoms with Gasteiger partial charge in [-0.3, -0.25) is 20.6 Å². The van der Waals surface area contributed by atoms with Crippen LogP contribution >= 0.6 is 11.6 Å². The number of nitrogens with zero attached hydrogens (tertiary/aromatic N) is 2. The molecule has 0 aliphatic carbocycles. The highest BCUT2D eigenvalue weighted by atomic mass is 35.5. The van der Waals surface area contributed by atoms with Crippen LogP contribution in [-0.4, -0.2) is 67.7 Å². The quantitative estimate of drug-likeness (QED) is 0.335. The number of alkyl halides is 1. The van der Waals surface area contributed by atoms with Gasteiger partial charge >= 0.3 is 0 Å². The molecule has 2 fully saturated rings. The van der Waals surface area contributed by atoms with Gasteiger partial charge in [-0.1, -0.05) is 19.1 Å². The van der Waals surface area contributed by atoms with Crippen LogP contribution in [0.1, 0.15) is 25.1 Å². The second-order valence-corrected chi connectivity index (χ2v) is 12.2. The highest BCUT2D eigenvalue weighted by Gasteiger charge is 2.40. The van der Waals surface area contributed by atoms with Gasteiger partial charge in [0.2, 0.25) is 10.0 Å². The molecule has 0 amide bonds. The van der Waals surface area contributed by atoms with Crippen LogP contribution in [-0.2, 0) is 14.8 Å². The number of anilines is 1. The summed E-state index contributed by atoms with van der Waals surface area (Å²) in [5.41, 5.74) is 2.22. The maximum Gasteiger partial charge on any atom is 0.239 e. The van der Waals surface area contributed by atoms with Crippen molar-refractivity contribution >= 4 is 38.2 Å². The molecule has 5 rings (SSSR count). The molecule has 2 aromatic carbocycles. The largest absolute Gasteiger partial charge is 0.365 e. The first-order valence-corrected chi connectivity index (χ1v) is 14.0. The summed E-state index contributed by atoms with van der Waals surface area (Å²) in [6.45, 7) is 3.10. The summed E-state index contributed by atoms with van der Waals surface area (Å²) in [5.74, 6) is -3.01. The number of ether oxygens (including phenoxy) is 1. The number of H-pyrrole nitrogens is 1. The molecule has 5 atom stereocenters. The molecule has 3 heterocycles. The lowest BCUT2D eigenvalue weighted by Gasteiger charge is -2.33. The maximum absolute atomic E-state index is 15.7. The van der Waals surface area contributed by atoms with Gasteiger partial charge in [0.25, 0.3) is 0 Å². The molecule has 2 aliphatic rings. The average Bonchev–Trinajstić information content (AvgIpc) is 3.44. The number of aromatic nitrogens is 2. The van der Waals surface area contributed by atoms with Gasteiger partial charge < -0.3 is 4.74 Å². The van der Waals surface area contributed by atoms with Crippen molar-refractivity contribution < 1.29 is 26.3 Å². The molecule has 0 bridgehead atoms. The van der Waals surface area contributed by atoms with E-state index in [2.05, 4.69) is 25.7 Å². The normalized spacial score (nSPS) is 26.8. The van der Waals surface area contributed by atoms with E-state index in [0.717, 1.165) is 18.7 Å². The van der Waals surface area contributed by atoms with Gasteiger partial charge in [-0.2, -0.15) is 5.10 Å². The third-order valence-electron chi connectivity index (χ3n) is 7.24. The smallest absolute Gasteiger partial charge is 0.239 e. The van der Waals surface area contributed by atoms with Gasteiger partial charge in [-0.25, -0.2) is 26.6 Å². The van der Waals surface area contributed by atoms with Gasteiger partial charge in [0.05, 0.1) is 23.0 Å². The third kappa shape index (κ3) is 4.65. The molecule has 0 saturated carbocycles. The van der Waals surface area contributed by atoms with Crippen LogP contribution in [0.5, 0.6) is 0 Å². The van der Waals surface area contributed by atoms with Crippen molar-refractivity contribution in [1.29, 1.82) is 0 Å². The van der Waals surface area contributed by atoms with Crippen molar-refractivity contribution in [3.05, 3.63) is 47.4 Å². The number of nitrogens with one attached hydrogen (secondary N) is 4. The van der Waals surface area contributed by atoms with Crippen molar-refractivity contribution in [2.45, 2.75) is 36.2 Å². The average molecular weight is 573 g/mol. The second-order valence-electron chi connectivity index (χ2n) is 9.72. The van der Waals surface area contributed by atoms with Gasteiger partial charge in [0.15, 0.2) is 11.6 Å². The Morgan fingerprint density at radius 1 is 1.16 bits per heavy atom. The summed E-state index contributed by atoms with van der Waals surface area (Å²) in [6, 6.07) is 4.54. The SMILES string of the molecule is COC1NCC(Cl)CC1S(=O)(=O)Nc1ccc(F)c(-c2ccc3c(C4C(C)CNN4C)n[nH]c3c2F)c1F. The fourth-order valence-electron chi connectivity index (χ4n) is 5.29. The van der Waals surface area contributed by atoms with Gasteiger partial charge in [-0.05, 0) is 24.5 Å². The van der Waals surface area contributed by atoms with Crippen molar-refractivity contribution in [3.63, 3.8) is 0 Å². The van der Waals surface area contributed by atoms with E-state index < -0.39 is 55.6 Å². The number of hydrogen-bond donors (Lipinski definition) is 4. The minimum absolute atomic E-state index is 0.000783. The summed E-state index contributed by atoms with van der Waals surface area (Å²) in [6.07, 6.45) is -0.827. The molecule has 2 aliphatic heterocycles. The van der Waals surface area contributed by atoms with E-state index in [1.807, 2.05) is 19.0 Å². The Morgan fingerprint density at radius 3 is 2.61 bits per heavy atom. The number of benzene rings is 2. The van der Waals surface area contributed by atoms with E-state index in [4.69, 9.17) is 16.3 Å². The predicted molar refractivity (Wildman–Crippen MR) is 138 cm³/mol. The number of sulfonamides is 1. The van der Waals surface area contributed by atoms with Crippen molar-refractivity contribution in [2.24, 2.45) is 5.92 Å². The number of fused-ring (bicyclic) bond motifs is 1. The molecule has 5 unspecified atom stereocenters. The van der Waals surface area contributed by atoms with Crippen molar-refractivity contribution in [2.75, 3.05) is 32.0 Å². The summed E-state index contributed by atoms with van der Waals surface area (Å²) in [5, 5.41) is 10.6. The van der Waals surface area contributed by atoms with Crippen LogP contribution in [0.4, 0.5) is 18.9 Å². The number of rotatable bonds is 6. The van der Waals surface area contributed by atoms with Crippen LogP contribution < -0.4 is 15.5 Å². The molecule has 0 radical (unpaired) electrons. The summed E-state index contributed by atoms with van der Waals surface area (Å²) in [7, 11) is -1.03. The molecule has 4 N–H and O–H groups in total. The van der Waals surface area contributed by atoms with Gasteiger partial charge in [0.1, 0.15) is 22.8 Å². The predicted octanol–water partition coefficient (Wildman–Crippen LogP) is 3.46. The van der Waals surface area contributed by atoms with E-state index >= 15 is 8.78 Å². The molecule has 206 valence electrons. The van der Waals surface area contributed by atoms with Gasteiger partial charge in [0, 0.05) is 43.6 Å². The van der Waals surface area contributed by atoms with Crippen LogP contribution in [0.3, 0.4) is 0 Å². The first kappa shape index (κ1) is 27.2. The lowest BCUT2D eigenvalue weighted by molar-refractivity contribution is 0.0563. The third-order valence-corrected chi connectivity index (χ3v) is 9.31. The Kier molecular flexibility index (Phi) is 7.35. The van der Waals surface area contributed by atoms with Crippen molar-refractivity contribution in [1.82, 2.24) is 25.9 Å². The fraction of sp³-hybridized carbons (Fsp3) is 0.458. The van der Waals surface area contributed by atoms with Crippen molar-refractivity contribution in [3.8, 4) is 11.1 Å². The Balaban J connectivity index is 1.52. The second kappa shape index (κ2) is 10.3. The van der Waals surface area contributed by atoms with E-state index in [0.29, 0.717) is 17.6 Å². The molecule has 38 heavy (non-hydrogen) atoms. The minimum Gasteiger partial charge on any atom is -0.365 e. The monoisotopic (exact) mass is 572 g/mol. The molecule has 1 aromatic heterocycles. The zero-order valence-corrected chi connectivity index (χ0v) is 22.4. The number of methoxy groups -OCH3 is 1. The first-order chi connectivity index (χ1) is 18.0. The van der Waals surface area contributed by atoms with E-state index in [9.17, 15) is 12.8 Å². The standard InChI is InChI=1S/C24H28ClF3N6O3S/c1-11-9-30-34(2)23(11)22-14-5-4-13(19(27)21(14)31-32-22)18-15(26)6-7-16(20(18)28)33-38(35,36)17-8-12(25)10-29-24(17)37-3/h4-7,11-12,17,23-24,29-30,33H,8-10H2,1-3H3,(H,31,32). The zero-order chi connectivity index (χ0) is 27.4. The van der Waals surface area contributed by atoms with E-state index in [1.54, 1.807) is 6.07 Å². The van der Waals surface area contributed by atoms with E-state index in [1.165, 1.54) is 13.2 Å². The Hall–Kier alpha value is -2.42. The van der Waals surface area contributed by atoms with Crippen LogP contribution in [0.25, 0.3) is 22.0 Å². The Morgan fingerprint density at radius 2 is 1.92 bits per heavy atom. The lowest BCUT2D eigenvalue weighted by Crippen LogP contribution is -2.54. The molecular formula is C24H28ClF3N6O3S. The van der Waals surface area contributed by atoms with Crippen LogP contribution in [0, 0.1) is 23.4 Å². The van der Waals surface area contributed by atoms with E-state index in [-0.39, 0.29) is 29.5 Å². The topological polar surface area (TPSA) is 111 Å². The molecule has 14 heteroatoms. The number of halogens is 4. The highest BCUT2D eigenvalue weighted by molar-refractivity contribution is 7.93. The maximum atomic E-state index is 15.7. The Labute approximate surface area is 223 Å². The molecule has 3 aromatic rings. The Bertz CT molecular complexity index is 1460. The number of aromatic amines is 1. The highest BCUT2D eigenvalue weighted by Crippen LogP contribution is 2.39.